The number of thiol groups is 1. The highest BCUT2D eigenvalue weighted by atomic mass is 32.1. The Morgan fingerprint density at radius 1 is 1.31 bits per heavy atom. The predicted octanol–water partition coefficient (Wildman–Crippen LogP) is 3.09. The number of H-pyrrole nitrogens is 1. The van der Waals surface area contributed by atoms with E-state index >= 15 is 0 Å². The van der Waals surface area contributed by atoms with Crippen molar-refractivity contribution in [2.45, 2.75) is 12.5 Å². The molecule has 0 aliphatic carbocycles. The van der Waals surface area contributed by atoms with Gasteiger partial charge in [-0.05, 0) is 37.9 Å². The number of rotatable bonds is 4. The quantitative estimate of drug-likeness (QED) is 0.778. The molecular weight excluding hydrogens is 216 g/mol. The smallest absolute Gasteiger partial charge is 0.0457 e. The van der Waals surface area contributed by atoms with Crippen molar-refractivity contribution in [1.82, 2.24) is 9.88 Å². The molecule has 0 aliphatic rings. The minimum atomic E-state index is 0.439. The topological polar surface area (TPSA) is 19.0 Å². The van der Waals surface area contributed by atoms with Crippen molar-refractivity contribution in [2.24, 2.45) is 0 Å². The second-order valence-electron chi connectivity index (χ2n) is 4.28. The van der Waals surface area contributed by atoms with Crippen molar-refractivity contribution < 1.29 is 0 Å². The Balaban J connectivity index is 2.44. The largest absolute Gasteiger partial charge is 0.361 e. The van der Waals surface area contributed by atoms with Gasteiger partial charge in [-0.15, -0.1) is 0 Å². The van der Waals surface area contributed by atoms with Crippen molar-refractivity contribution in [3.8, 4) is 0 Å². The molecule has 0 aliphatic heterocycles. The van der Waals surface area contributed by atoms with Crippen LogP contribution in [0.15, 0.2) is 30.5 Å². The standard InChI is InChI=1S/C13H18N2S/c1-15(2)13(7-8-16)11-9-14-12-6-4-3-5-10(11)12/h3-6,9,13-14,16H,7-8H2,1-2H3. The Kier molecular flexibility index (Phi) is 3.56. The van der Waals surface area contributed by atoms with Gasteiger partial charge in [0.15, 0.2) is 0 Å². The second-order valence-corrected chi connectivity index (χ2v) is 4.73. The van der Waals surface area contributed by atoms with Crippen LogP contribution in [0.2, 0.25) is 0 Å². The minimum Gasteiger partial charge on any atom is -0.361 e. The van der Waals surface area contributed by atoms with Gasteiger partial charge < -0.3 is 9.88 Å². The molecule has 2 rings (SSSR count). The van der Waals surface area contributed by atoms with Crippen LogP contribution in [0.1, 0.15) is 18.0 Å². The van der Waals surface area contributed by atoms with E-state index in [1.165, 1.54) is 16.5 Å². The van der Waals surface area contributed by atoms with E-state index in [0.717, 1.165) is 12.2 Å². The summed E-state index contributed by atoms with van der Waals surface area (Å²) in [6.45, 7) is 0. The number of nitrogens with zero attached hydrogens (tertiary/aromatic N) is 1. The average molecular weight is 234 g/mol. The van der Waals surface area contributed by atoms with Gasteiger partial charge in [0.1, 0.15) is 0 Å². The van der Waals surface area contributed by atoms with Gasteiger partial charge in [-0.2, -0.15) is 12.6 Å². The van der Waals surface area contributed by atoms with Gasteiger partial charge in [0.2, 0.25) is 0 Å². The molecule has 1 unspecified atom stereocenters. The highest BCUT2D eigenvalue weighted by Crippen LogP contribution is 2.29. The van der Waals surface area contributed by atoms with Crippen molar-refractivity contribution in [1.29, 1.82) is 0 Å². The van der Waals surface area contributed by atoms with Crippen molar-refractivity contribution in [2.75, 3.05) is 19.8 Å². The lowest BCUT2D eigenvalue weighted by atomic mass is 10.0. The fourth-order valence-corrected chi connectivity index (χ4v) is 2.43. The van der Waals surface area contributed by atoms with Crippen LogP contribution >= 0.6 is 12.6 Å². The molecule has 16 heavy (non-hydrogen) atoms. The molecule has 1 aromatic carbocycles. The van der Waals surface area contributed by atoms with Crippen LogP contribution in [-0.2, 0) is 0 Å². The first-order valence-electron chi connectivity index (χ1n) is 5.57. The van der Waals surface area contributed by atoms with E-state index in [0.29, 0.717) is 6.04 Å². The molecule has 0 saturated carbocycles. The fraction of sp³-hybridized carbons (Fsp3) is 0.385. The summed E-state index contributed by atoms with van der Waals surface area (Å²) in [6, 6.07) is 8.88. The zero-order valence-electron chi connectivity index (χ0n) is 9.77. The first-order chi connectivity index (χ1) is 7.74. The molecule has 0 bridgehead atoms. The number of fused-ring (bicyclic) bond motifs is 1. The van der Waals surface area contributed by atoms with Gasteiger partial charge >= 0.3 is 0 Å². The molecule has 2 nitrogen and oxygen atoms in total. The molecule has 1 atom stereocenters. The highest BCUT2D eigenvalue weighted by Gasteiger charge is 2.16. The molecular formula is C13H18N2S. The predicted molar refractivity (Wildman–Crippen MR) is 73.2 cm³/mol. The van der Waals surface area contributed by atoms with E-state index in [1.807, 2.05) is 0 Å². The van der Waals surface area contributed by atoms with Gasteiger partial charge in [-0.1, -0.05) is 18.2 Å². The molecule has 3 heteroatoms. The van der Waals surface area contributed by atoms with Crippen molar-refractivity contribution >= 4 is 23.5 Å². The minimum absolute atomic E-state index is 0.439. The summed E-state index contributed by atoms with van der Waals surface area (Å²) >= 11 is 4.34. The van der Waals surface area contributed by atoms with E-state index in [9.17, 15) is 0 Å². The van der Waals surface area contributed by atoms with Crippen LogP contribution in [0.5, 0.6) is 0 Å². The Labute approximate surface area is 102 Å². The summed E-state index contributed by atoms with van der Waals surface area (Å²) in [5.41, 5.74) is 2.58. The van der Waals surface area contributed by atoms with Crippen LogP contribution in [0.4, 0.5) is 0 Å². The highest BCUT2D eigenvalue weighted by molar-refractivity contribution is 7.80. The number of hydrogen-bond donors (Lipinski definition) is 2. The van der Waals surface area contributed by atoms with E-state index in [2.05, 4.69) is 67.1 Å². The zero-order valence-corrected chi connectivity index (χ0v) is 10.7. The Bertz CT molecular complexity index is 462. The second kappa shape index (κ2) is 4.93. The first-order valence-corrected chi connectivity index (χ1v) is 6.20. The molecule has 1 N–H and O–H groups in total. The third-order valence-corrected chi connectivity index (χ3v) is 3.26. The number of para-hydroxylation sites is 1. The van der Waals surface area contributed by atoms with E-state index in [-0.39, 0.29) is 0 Å². The molecule has 0 fully saturated rings. The molecule has 0 saturated heterocycles. The van der Waals surface area contributed by atoms with Crippen LogP contribution in [0, 0.1) is 0 Å². The third kappa shape index (κ3) is 2.11. The van der Waals surface area contributed by atoms with E-state index < -0.39 is 0 Å². The lowest BCUT2D eigenvalue weighted by Crippen LogP contribution is -2.20. The molecule has 0 spiro atoms. The lowest BCUT2D eigenvalue weighted by Gasteiger charge is -2.23. The Morgan fingerprint density at radius 2 is 2.06 bits per heavy atom. The molecule has 0 radical (unpaired) electrons. The normalized spacial score (nSPS) is 13.5. The first kappa shape index (κ1) is 11.6. The SMILES string of the molecule is CN(C)C(CCS)c1c[nH]c2ccccc12. The van der Waals surface area contributed by atoms with Crippen LogP contribution < -0.4 is 0 Å². The maximum Gasteiger partial charge on any atom is 0.0457 e. The Hall–Kier alpha value is -0.930. The van der Waals surface area contributed by atoms with Crippen molar-refractivity contribution in [3.63, 3.8) is 0 Å². The molecule has 2 aromatic rings. The lowest BCUT2D eigenvalue weighted by molar-refractivity contribution is 0.295. The molecule has 1 heterocycles. The summed E-state index contributed by atoms with van der Waals surface area (Å²) in [5, 5.41) is 1.32. The summed E-state index contributed by atoms with van der Waals surface area (Å²) in [7, 11) is 4.24. The Morgan fingerprint density at radius 3 is 2.75 bits per heavy atom. The maximum absolute atomic E-state index is 4.34. The monoisotopic (exact) mass is 234 g/mol. The number of aromatic nitrogens is 1. The van der Waals surface area contributed by atoms with Crippen LogP contribution in [0.3, 0.4) is 0 Å². The van der Waals surface area contributed by atoms with Gasteiger partial charge in [0, 0.05) is 23.1 Å². The number of nitrogens with one attached hydrogen (secondary N) is 1. The van der Waals surface area contributed by atoms with Gasteiger partial charge in [-0.3, -0.25) is 0 Å². The summed E-state index contributed by atoms with van der Waals surface area (Å²) in [4.78, 5) is 5.59. The molecule has 1 aromatic heterocycles. The average Bonchev–Trinajstić information content (AvgIpc) is 2.69. The van der Waals surface area contributed by atoms with E-state index in [4.69, 9.17) is 0 Å². The maximum atomic E-state index is 4.34. The number of aromatic amines is 1. The molecule has 0 amide bonds. The third-order valence-electron chi connectivity index (χ3n) is 3.01. The van der Waals surface area contributed by atoms with Gasteiger partial charge in [-0.25, -0.2) is 0 Å². The van der Waals surface area contributed by atoms with Crippen molar-refractivity contribution in [3.05, 3.63) is 36.0 Å². The summed E-state index contributed by atoms with van der Waals surface area (Å²) < 4.78 is 0. The van der Waals surface area contributed by atoms with Gasteiger partial charge in [0.25, 0.3) is 0 Å². The van der Waals surface area contributed by atoms with Crippen LogP contribution in [0.25, 0.3) is 10.9 Å². The number of benzene rings is 1. The van der Waals surface area contributed by atoms with Gasteiger partial charge in [0.05, 0.1) is 0 Å². The van der Waals surface area contributed by atoms with E-state index in [1.54, 1.807) is 0 Å². The summed E-state index contributed by atoms with van der Waals surface area (Å²) in [5.74, 6) is 0.905. The fourth-order valence-electron chi connectivity index (χ4n) is 2.18. The zero-order chi connectivity index (χ0) is 11.5. The summed E-state index contributed by atoms with van der Waals surface area (Å²) in [6.07, 6.45) is 3.19. The molecule has 86 valence electrons. The van der Waals surface area contributed by atoms with Crippen LogP contribution in [-0.4, -0.2) is 29.7 Å². The number of hydrogen-bond acceptors (Lipinski definition) is 2.